The first-order valence-electron chi connectivity index (χ1n) is 20.2. The lowest BCUT2D eigenvalue weighted by Gasteiger charge is -2.18. The highest BCUT2D eigenvalue weighted by atomic mass is 16.5. The van der Waals surface area contributed by atoms with E-state index in [1.807, 2.05) is 0 Å². The van der Waals surface area contributed by atoms with Crippen molar-refractivity contribution in [2.45, 2.75) is 174 Å². The van der Waals surface area contributed by atoms with E-state index >= 15 is 0 Å². The zero-order valence-corrected chi connectivity index (χ0v) is 32.5. The van der Waals surface area contributed by atoms with Gasteiger partial charge in [-0.25, -0.2) is 4.79 Å². The summed E-state index contributed by atoms with van der Waals surface area (Å²) in [5.41, 5.74) is 0. The van der Waals surface area contributed by atoms with Gasteiger partial charge in [-0.2, -0.15) is 0 Å². The zero-order chi connectivity index (χ0) is 38.3. The SMILES string of the molecule is CC/C=C\C/C=C\C/C=C\C/C=C\C/C=C\CCCCCCCC(=O)OC(CCCCCC)CCCCCCC(=O)NCC(=O)NC(CO)C(=O)O. The van der Waals surface area contributed by atoms with Crippen LogP contribution in [0.3, 0.4) is 0 Å². The highest BCUT2D eigenvalue weighted by molar-refractivity contribution is 5.87. The van der Waals surface area contributed by atoms with Crippen LogP contribution in [0.25, 0.3) is 0 Å². The highest BCUT2D eigenvalue weighted by Gasteiger charge is 2.19. The Morgan fingerprint density at radius 2 is 1.10 bits per heavy atom. The van der Waals surface area contributed by atoms with Crippen LogP contribution in [-0.4, -0.2) is 59.3 Å². The molecule has 0 aromatic carbocycles. The van der Waals surface area contributed by atoms with E-state index in [2.05, 4.69) is 85.2 Å². The second-order valence-corrected chi connectivity index (χ2v) is 13.3. The van der Waals surface area contributed by atoms with E-state index in [9.17, 15) is 19.2 Å². The molecule has 0 aliphatic carbocycles. The van der Waals surface area contributed by atoms with Gasteiger partial charge < -0.3 is 25.6 Å². The van der Waals surface area contributed by atoms with E-state index in [-0.39, 0.29) is 30.9 Å². The largest absolute Gasteiger partial charge is 0.480 e. The number of rotatable bonds is 35. The average molecular weight is 729 g/mol. The monoisotopic (exact) mass is 729 g/mol. The number of carboxylic acids is 1. The fourth-order valence-electron chi connectivity index (χ4n) is 5.45. The molecule has 0 saturated heterocycles. The van der Waals surface area contributed by atoms with Crippen molar-refractivity contribution in [3.05, 3.63) is 60.8 Å². The minimum Gasteiger partial charge on any atom is -0.480 e. The Balaban J connectivity index is 4.04. The fraction of sp³-hybridized carbons (Fsp3) is 0.674. The van der Waals surface area contributed by atoms with Gasteiger partial charge in [-0.1, -0.05) is 126 Å². The molecule has 0 aliphatic heterocycles. The van der Waals surface area contributed by atoms with Crippen molar-refractivity contribution in [3.8, 4) is 0 Å². The van der Waals surface area contributed by atoms with Crippen molar-refractivity contribution in [1.29, 1.82) is 0 Å². The van der Waals surface area contributed by atoms with E-state index < -0.39 is 24.5 Å². The molecule has 9 nitrogen and oxygen atoms in total. The second kappa shape index (κ2) is 37.3. The molecule has 0 aliphatic rings. The quantitative estimate of drug-likeness (QED) is 0.0289. The Labute approximate surface area is 315 Å². The van der Waals surface area contributed by atoms with E-state index in [0.29, 0.717) is 12.8 Å². The maximum absolute atomic E-state index is 12.6. The number of esters is 1. The number of aliphatic carboxylic acids is 1. The summed E-state index contributed by atoms with van der Waals surface area (Å²) in [7, 11) is 0. The lowest BCUT2D eigenvalue weighted by atomic mass is 10.0. The summed E-state index contributed by atoms with van der Waals surface area (Å²) in [6, 6.07) is -1.39. The van der Waals surface area contributed by atoms with Crippen molar-refractivity contribution in [2.75, 3.05) is 13.2 Å². The zero-order valence-electron chi connectivity index (χ0n) is 32.5. The normalized spacial score (nSPS) is 13.1. The van der Waals surface area contributed by atoms with Gasteiger partial charge in [-0.05, 0) is 83.5 Å². The van der Waals surface area contributed by atoms with Crippen molar-refractivity contribution >= 4 is 23.8 Å². The van der Waals surface area contributed by atoms with Crippen molar-refractivity contribution in [2.24, 2.45) is 0 Å². The molecular formula is C43H72N2O7. The summed E-state index contributed by atoms with van der Waals surface area (Å²) in [4.78, 5) is 47.3. The van der Waals surface area contributed by atoms with E-state index in [0.717, 1.165) is 109 Å². The van der Waals surface area contributed by atoms with Gasteiger partial charge in [0, 0.05) is 12.8 Å². The summed E-state index contributed by atoms with van der Waals surface area (Å²) in [6.07, 6.45) is 44.2. The van der Waals surface area contributed by atoms with Crippen LogP contribution in [-0.2, 0) is 23.9 Å². The molecule has 2 amide bonds. The number of ether oxygens (including phenoxy) is 1. The van der Waals surface area contributed by atoms with Crippen LogP contribution in [0.4, 0.5) is 0 Å². The number of amides is 2. The van der Waals surface area contributed by atoms with Crippen molar-refractivity contribution in [3.63, 3.8) is 0 Å². The van der Waals surface area contributed by atoms with Gasteiger partial charge in [0.25, 0.3) is 0 Å². The number of nitrogens with one attached hydrogen (secondary N) is 2. The summed E-state index contributed by atoms with van der Waals surface area (Å²) in [6.45, 7) is 3.28. The number of unbranched alkanes of at least 4 members (excludes halogenated alkanes) is 11. The van der Waals surface area contributed by atoms with E-state index in [4.69, 9.17) is 14.9 Å². The maximum Gasteiger partial charge on any atom is 0.328 e. The first-order valence-corrected chi connectivity index (χ1v) is 20.2. The van der Waals surface area contributed by atoms with Crippen LogP contribution >= 0.6 is 0 Å². The molecule has 0 rings (SSSR count). The van der Waals surface area contributed by atoms with Gasteiger partial charge in [0.05, 0.1) is 13.2 Å². The number of carbonyl (C=O) groups excluding carboxylic acids is 3. The van der Waals surface area contributed by atoms with Gasteiger partial charge >= 0.3 is 11.9 Å². The lowest BCUT2D eigenvalue weighted by Crippen LogP contribution is -2.47. The number of aliphatic hydroxyl groups excluding tert-OH is 1. The Kier molecular flexibility index (Phi) is 34.8. The maximum atomic E-state index is 12.6. The molecule has 2 atom stereocenters. The molecule has 2 unspecified atom stereocenters. The molecule has 0 aromatic heterocycles. The number of allylic oxidation sites excluding steroid dienone is 10. The first kappa shape index (κ1) is 48.5. The van der Waals surface area contributed by atoms with Crippen LogP contribution in [0, 0.1) is 0 Å². The third kappa shape index (κ3) is 33.7. The number of hydrogen-bond donors (Lipinski definition) is 4. The smallest absolute Gasteiger partial charge is 0.328 e. The standard InChI is InChI=1S/C43H72N2O7/c1-3-5-7-9-10-11-12-13-14-15-16-17-18-19-20-21-22-23-24-25-31-35-42(49)52-38(32-28-8-6-4-2)33-29-26-27-30-34-40(47)44-36-41(48)45-39(37-46)43(50)51/h5,7,10-11,13-14,16-17,19-20,38-39,46H,3-4,6,8-9,12,15,18,21-37H2,1-2H3,(H,44,47)(H,45,48)(H,50,51)/b7-5-,11-10-,14-13-,17-16-,20-19-. The molecule has 0 radical (unpaired) electrons. The number of hydrogen-bond acceptors (Lipinski definition) is 6. The molecule has 0 saturated carbocycles. The van der Waals surface area contributed by atoms with E-state index in [1.165, 1.54) is 19.3 Å². The summed E-state index contributed by atoms with van der Waals surface area (Å²) in [5.74, 6) is -2.37. The van der Waals surface area contributed by atoms with Crippen LogP contribution in [0.15, 0.2) is 60.8 Å². The molecular weight excluding hydrogens is 656 g/mol. The summed E-state index contributed by atoms with van der Waals surface area (Å²) in [5, 5.41) is 22.5. The fourth-order valence-corrected chi connectivity index (χ4v) is 5.45. The number of carbonyl (C=O) groups is 4. The molecule has 0 spiro atoms. The molecule has 296 valence electrons. The predicted octanol–water partition coefficient (Wildman–Crippen LogP) is 9.37. The molecule has 0 aromatic rings. The van der Waals surface area contributed by atoms with Gasteiger partial charge in [-0.3, -0.25) is 14.4 Å². The number of carboxylic acid groups (broad SMARTS) is 1. The topological polar surface area (TPSA) is 142 Å². The van der Waals surface area contributed by atoms with E-state index in [1.54, 1.807) is 0 Å². The van der Waals surface area contributed by atoms with Crippen molar-refractivity contribution in [1.82, 2.24) is 10.6 Å². The Bertz CT molecular complexity index is 1060. The van der Waals surface area contributed by atoms with Crippen LogP contribution < -0.4 is 10.6 Å². The van der Waals surface area contributed by atoms with Gasteiger partial charge in [0.1, 0.15) is 12.1 Å². The highest BCUT2D eigenvalue weighted by Crippen LogP contribution is 2.18. The first-order chi connectivity index (χ1) is 25.3. The Morgan fingerprint density at radius 1 is 0.596 bits per heavy atom. The van der Waals surface area contributed by atoms with Crippen molar-refractivity contribution < 1.29 is 34.1 Å². The predicted molar refractivity (Wildman–Crippen MR) is 213 cm³/mol. The third-order valence-corrected chi connectivity index (χ3v) is 8.53. The molecule has 0 heterocycles. The minimum atomic E-state index is -1.39. The molecule has 0 fully saturated rings. The van der Waals surface area contributed by atoms with Gasteiger partial charge in [-0.15, -0.1) is 0 Å². The molecule has 0 bridgehead atoms. The summed E-state index contributed by atoms with van der Waals surface area (Å²) >= 11 is 0. The Hall–Kier alpha value is -3.46. The third-order valence-electron chi connectivity index (χ3n) is 8.53. The minimum absolute atomic E-state index is 0.0526. The van der Waals surface area contributed by atoms with Gasteiger partial charge in [0.15, 0.2) is 0 Å². The number of aliphatic hydroxyl groups is 1. The Morgan fingerprint density at radius 3 is 1.65 bits per heavy atom. The van der Waals surface area contributed by atoms with Crippen LogP contribution in [0.1, 0.15) is 162 Å². The molecule has 4 N–H and O–H groups in total. The lowest BCUT2D eigenvalue weighted by molar-refractivity contribution is -0.150. The van der Waals surface area contributed by atoms with Gasteiger partial charge in [0.2, 0.25) is 11.8 Å². The average Bonchev–Trinajstić information content (AvgIpc) is 3.13. The molecule has 52 heavy (non-hydrogen) atoms. The van der Waals surface area contributed by atoms with Crippen LogP contribution in [0.2, 0.25) is 0 Å². The second-order valence-electron chi connectivity index (χ2n) is 13.3. The molecule has 9 heteroatoms. The summed E-state index contributed by atoms with van der Waals surface area (Å²) < 4.78 is 5.91. The van der Waals surface area contributed by atoms with Crippen LogP contribution in [0.5, 0.6) is 0 Å².